The predicted molar refractivity (Wildman–Crippen MR) is 70.4 cm³/mol. The minimum absolute atomic E-state index is 0.152. The van der Waals surface area contributed by atoms with E-state index < -0.39 is 5.97 Å². The molecular weight excluding hydrogens is 260 g/mol. The fourth-order valence-electron chi connectivity index (χ4n) is 1.65. The zero-order chi connectivity index (χ0) is 14.5. The molecule has 0 saturated heterocycles. The molecule has 2 rings (SSSR count). The number of benzene rings is 1. The summed E-state index contributed by atoms with van der Waals surface area (Å²) in [5, 5.41) is 15.6. The number of hydrogen-bond acceptors (Lipinski definition) is 4. The van der Waals surface area contributed by atoms with Crippen molar-refractivity contribution in [2.24, 2.45) is 7.05 Å². The molecule has 0 aliphatic heterocycles. The maximum absolute atomic E-state index is 11.8. The number of aromatic carboxylic acids is 1. The molecule has 7 heteroatoms. The first-order valence-electron chi connectivity index (χ1n) is 6.02. The Morgan fingerprint density at radius 1 is 1.25 bits per heavy atom. The topological polar surface area (TPSA) is 97.1 Å². The molecular formula is C13H14N4O3. The number of aryl methyl sites for hydroxylation is 1. The molecule has 1 aromatic carbocycles. The molecule has 0 aliphatic carbocycles. The number of nitrogens with zero attached hydrogens (tertiary/aromatic N) is 3. The fraction of sp³-hybridized carbons (Fsp3) is 0.231. The Bertz CT molecular complexity index is 619. The zero-order valence-corrected chi connectivity index (χ0v) is 10.9. The van der Waals surface area contributed by atoms with Crippen LogP contribution in [0.1, 0.15) is 26.5 Å². The third-order valence-corrected chi connectivity index (χ3v) is 2.68. The molecule has 0 radical (unpaired) electrons. The molecule has 2 N–H and O–H groups in total. The van der Waals surface area contributed by atoms with Crippen LogP contribution >= 0.6 is 0 Å². The zero-order valence-electron chi connectivity index (χ0n) is 10.9. The number of carbonyl (C=O) groups excluding carboxylic acids is 1. The smallest absolute Gasteiger partial charge is 0.335 e. The van der Waals surface area contributed by atoms with Crippen LogP contribution in [0, 0.1) is 0 Å². The Kier molecular flexibility index (Phi) is 4.09. The number of carboxylic acids is 1. The normalized spacial score (nSPS) is 10.2. The van der Waals surface area contributed by atoms with Crippen molar-refractivity contribution in [3.63, 3.8) is 0 Å². The van der Waals surface area contributed by atoms with Crippen LogP contribution in [0.2, 0.25) is 0 Å². The molecule has 2 aromatic rings. The Labute approximate surface area is 115 Å². The molecule has 0 saturated carbocycles. The Morgan fingerprint density at radius 3 is 2.45 bits per heavy atom. The van der Waals surface area contributed by atoms with Gasteiger partial charge < -0.3 is 10.4 Å². The van der Waals surface area contributed by atoms with Crippen molar-refractivity contribution in [1.29, 1.82) is 0 Å². The highest BCUT2D eigenvalue weighted by molar-refractivity contribution is 5.95. The minimum atomic E-state index is -1.02. The van der Waals surface area contributed by atoms with Gasteiger partial charge in [-0.15, -0.1) is 0 Å². The van der Waals surface area contributed by atoms with Crippen molar-refractivity contribution < 1.29 is 14.7 Å². The number of amides is 1. The lowest BCUT2D eigenvalue weighted by Gasteiger charge is -2.04. The highest BCUT2D eigenvalue weighted by atomic mass is 16.4. The van der Waals surface area contributed by atoms with Crippen LogP contribution in [0.5, 0.6) is 0 Å². The van der Waals surface area contributed by atoms with Gasteiger partial charge in [0.25, 0.3) is 5.91 Å². The Balaban J connectivity index is 1.86. The second-order valence-electron chi connectivity index (χ2n) is 4.22. The summed E-state index contributed by atoms with van der Waals surface area (Å²) in [4.78, 5) is 26.6. The van der Waals surface area contributed by atoms with Crippen LogP contribution in [-0.2, 0) is 13.5 Å². The van der Waals surface area contributed by atoms with E-state index in [2.05, 4.69) is 15.4 Å². The van der Waals surface area contributed by atoms with Crippen LogP contribution in [0.25, 0.3) is 0 Å². The molecule has 0 fully saturated rings. The second-order valence-corrected chi connectivity index (χ2v) is 4.22. The van der Waals surface area contributed by atoms with Gasteiger partial charge in [0.05, 0.1) is 5.56 Å². The van der Waals surface area contributed by atoms with Crippen molar-refractivity contribution in [2.75, 3.05) is 6.54 Å². The lowest BCUT2D eigenvalue weighted by Crippen LogP contribution is -2.26. The van der Waals surface area contributed by atoms with E-state index in [0.717, 1.165) is 0 Å². The monoisotopic (exact) mass is 274 g/mol. The molecule has 0 bridgehead atoms. The number of carboxylic acid groups (broad SMARTS) is 1. The van der Waals surface area contributed by atoms with Crippen LogP contribution in [0.3, 0.4) is 0 Å². The number of aromatic nitrogens is 3. The molecule has 0 unspecified atom stereocenters. The van der Waals surface area contributed by atoms with Gasteiger partial charge in [-0.25, -0.2) is 9.78 Å². The number of carbonyl (C=O) groups is 2. The van der Waals surface area contributed by atoms with E-state index in [1.165, 1.54) is 24.3 Å². The van der Waals surface area contributed by atoms with Crippen molar-refractivity contribution in [3.8, 4) is 0 Å². The first kappa shape index (κ1) is 13.7. The van der Waals surface area contributed by atoms with Gasteiger partial charge in [-0.2, -0.15) is 5.10 Å². The van der Waals surface area contributed by atoms with E-state index in [9.17, 15) is 9.59 Å². The van der Waals surface area contributed by atoms with E-state index >= 15 is 0 Å². The van der Waals surface area contributed by atoms with Gasteiger partial charge in [0.1, 0.15) is 6.33 Å². The highest BCUT2D eigenvalue weighted by Crippen LogP contribution is 2.04. The molecule has 20 heavy (non-hydrogen) atoms. The van der Waals surface area contributed by atoms with Crippen LogP contribution in [0.4, 0.5) is 0 Å². The molecule has 1 amide bonds. The summed E-state index contributed by atoms with van der Waals surface area (Å²) in [5.41, 5.74) is 0.572. The first-order chi connectivity index (χ1) is 9.56. The largest absolute Gasteiger partial charge is 0.478 e. The van der Waals surface area contributed by atoms with Gasteiger partial charge in [0.15, 0.2) is 5.82 Å². The predicted octanol–water partition coefficient (Wildman–Crippen LogP) is 0.486. The lowest BCUT2D eigenvalue weighted by molar-refractivity contribution is 0.0696. The fourth-order valence-corrected chi connectivity index (χ4v) is 1.65. The molecule has 0 atom stereocenters. The van der Waals surface area contributed by atoms with Crippen molar-refractivity contribution in [2.45, 2.75) is 6.42 Å². The quantitative estimate of drug-likeness (QED) is 0.826. The van der Waals surface area contributed by atoms with E-state index in [0.29, 0.717) is 24.4 Å². The van der Waals surface area contributed by atoms with Crippen molar-refractivity contribution in [3.05, 3.63) is 47.5 Å². The van der Waals surface area contributed by atoms with Crippen LogP contribution < -0.4 is 5.32 Å². The third-order valence-electron chi connectivity index (χ3n) is 2.68. The van der Waals surface area contributed by atoms with Crippen molar-refractivity contribution >= 4 is 11.9 Å². The van der Waals surface area contributed by atoms with Gasteiger partial charge in [-0.05, 0) is 24.3 Å². The SMILES string of the molecule is Cn1cnc(CCNC(=O)c2ccc(C(=O)O)cc2)n1. The van der Waals surface area contributed by atoms with Crippen LogP contribution in [0.15, 0.2) is 30.6 Å². The standard InChI is InChI=1S/C13H14N4O3/c1-17-8-15-11(16-17)6-7-14-12(18)9-2-4-10(5-3-9)13(19)20/h2-5,8H,6-7H2,1H3,(H,14,18)(H,19,20). The molecule has 1 aromatic heterocycles. The number of nitrogens with one attached hydrogen (secondary N) is 1. The summed E-state index contributed by atoms with van der Waals surface area (Å²) in [6, 6.07) is 5.77. The summed E-state index contributed by atoms with van der Waals surface area (Å²) in [6.07, 6.45) is 2.14. The molecule has 1 heterocycles. The minimum Gasteiger partial charge on any atom is -0.478 e. The second kappa shape index (κ2) is 5.96. The Hall–Kier alpha value is -2.70. The first-order valence-corrected chi connectivity index (χ1v) is 6.02. The summed E-state index contributed by atoms with van der Waals surface area (Å²) in [6.45, 7) is 0.420. The van der Waals surface area contributed by atoms with Crippen LogP contribution in [-0.4, -0.2) is 38.3 Å². The van der Waals surface area contributed by atoms with Gasteiger partial charge in [-0.1, -0.05) is 0 Å². The maximum atomic E-state index is 11.8. The summed E-state index contributed by atoms with van der Waals surface area (Å²) in [5.74, 6) is -0.606. The Morgan fingerprint density at radius 2 is 1.90 bits per heavy atom. The van der Waals surface area contributed by atoms with Gasteiger partial charge in [0.2, 0.25) is 0 Å². The lowest BCUT2D eigenvalue weighted by atomic mass is 10.1. The third kappa shape index (κ3) is 3.41. The van der Waals surface area contributed by atoms with Gasteiger partial charge >= 0.3 is 5.97 Å². The summed E-state index contributed by atoms with van der Waals surface area (Å²) in [7, 11) is 1.78. The highest BCUT2D eigenvalue weighted by Gasteiger charge is 2.08. The van der Waals surface area contributed by atoms with Gasteiger partial charge in [0, 0.05) is 25.6 Å². The molecule has 7 nitrogen and oxygen atoms in total. The van der Waals surface area contributed by atoms with E-state index in [4.69, 9.17) is 5.11 Å². The summed E-state index contributed by atoms with van der Waals surface area (Å²) >= 11 is 0. The molecule has 0 aliphatic rings. The van der Waals surface area contributed by atoms with E-state index in [-0.39, 0.29) is 11.5 Å². The number of hydrogen-bond donors (Lipinski definition) is 2. The van der Waals surface area contributed by atoms with Gasteiger partial charge in [-0.3, -0.25) is 9.48 Å². The average molecular weight is 274 g/mol. The molecule has 104 valence electrons. The van der Waals surface area contributed by atoms with E-state index in [1.54, 1.807) is 18.1 Å². The van der Waals surface area contributed by atoms with E-state index in [1.807, 2.05) is 0 Å². The average Bonchev–Trinajstić information content (AvgIpc) is 2.84. The summed E-state index contributed by atoms with van der Waals surface area (Å²) < 4.78 is 1.60. The number of rotatable bonds is 5. The van der Waals surface area contributed by atoms with Crippen molar-refractivity contribution in [1.82, 2.24) is 20.1 Å². The molecule has 0 spiro atoms. The maximum Gasteiger partial charge on any atom is 0.335 e.